The van der Waals surface area contributed by atoms with E-state index in [0.29, 0.717) is 22.2 Å². The van der Waals surface area contributed by atoms with Crippen LogP contribution >= 0.6 is 39.3 Å². The first kappa shape index (κ1) is 25.4. The number of carbonyl (C=O) groups is 1. The Morgan fingerprint density at radius 2 is 1.91 bits per heavy atom. The fraction of sp³-hybridized carbons (Fsp3) is 0.0870. The number of halogens is 3. The molecule has 0 radical (unpaired) electrons. The molecular formula is C23H16BrClFN4O3S2-. The van der Waals surface area contributed by atoms with Crippen molar-refractivity contribution in [3.8, 4) is 0 Å². The van der Waals surface area contributed by atoms with Crippen molar-refractivity contribution in [2.24, 2.45) is 0 Å². The average molecular weight is 595 g/mol. The Morgan fingerprint density at radius 1 is 1.14 bits per heavy atom. The minimum Gasteiger partial charge on any atom is -0.755 e. The molecule has 1 heterocycles. The van der Waals surface area contributed by atoms with Gasteiger partial charge in [-0.2, -0.15) is 8.75 Å². The number of aromatic nitrogens is 2. The van der Waals surface area contributed by atoms with E-state index in [-0.39, 0.29) is 28.6 Å². The number of anilines is 2. The van der Waals surface area contributed by atoms with Crippen LogP contribution in [0.1, 0.15) is 27.2 Å². The number of amides is 1. The van der Waals surface area contributed by atoms with Crippen LogP contribution in [0, 0.1) is 5.82 Å². The van der Waals surface area contributed by atoms with E-state index < -0.39 is 23.0 Å². The molecule has 3 aromatic carbocycles. The quantitative estimate of drug-likeness (QED) is 0.270. The predicted octanol–water partition coefficient (Wildman–Crippen LogP) is 5.55. The molecule has 1 amide bonds. The third-order valence-electron chi connectivity index (χ3n) is 4.97. The van der Waals surface area contributed by atoms with E-state index in [2.05, 4.69) is 30.0 Å². The van der Waals surface area contributed by atoms with Crippen molar-refractivity contribution in [2.45, 2.75) is 13.0 Å². The van der Waals surface area contributed by atoms with Gasteiger partial charge in [0.05, 0.1) is 34.2 Å². The first-order valence-electron chi connectivity index (χ1n) is 10.1. The Balaban J connectivity index is 1.67. The van der Waals surface area contributed by atoms with E-state index in [4.69, 9.17) is 11.6 Å². The van der Waals surface area contributed by atoms with Crippen LogP contribution in [0.2, 0.25) is 5.02 Å². The molecule has 0 saturated carbocycles. The molecular weight excluding hydrogens is 579 g/mol. The number of rotatable bonds is 8. The SMILES string of the molecule is O=C(NCc1ccc(F)cc1Cl)c1ccc(Br)cc1N(c1nsnc1Cc1ccccc1)S(=O)[O-]. The molecule has 0 aliphatic rings. The van der Waals surface area contributed by atoms with Crippen LogP contribution in [-0.4, -0.2) is 23.4 Å². The van der Waals surface area contributed by atoms with Crippen molar-refractivity contribution < 1.29 is 17.9 Å². The van der Waals surface area contributed by atoms with Crippen LogP contribution in [0.25, 0.3) is 0 Å². The Bertz CT molecular complexity index is 1390. The summed E-state index contributed by atoms with van der Waals surface area (Å²) in [6, 6.07) is 17.9. The summed E-state index contributed by atoms with van der Waals surface area (Å²) in [5.74, 6) is -0.922. The highest BCUT2D eigenvalue weighted by Crippen LogP contribution is 2.34. The summed E-state index contributed by atoms with van der Waals surface area (Å²) in [5, 5.41) is 2.88. The number of hydrogen-bond acceptors (Lipinski definition) is 6. The fourth-order valence-electron chi connectivity index (χ4n) is 3.32. The molecule has 7 nitrogen and oxygen atoms in total. The molecule has 12 heteroatoms. The number of hydrogen-bond donors (Lipinski definition) is 1. The second-order valence-corrected chi connectivity index (χ2v) is 9.94. The molecule has 1 aromatic heterocycles. The van der Waals surface area contributed by atoms with Gasteiger partial charge < -0.3 is 9.87 Å². The smallest absolute Gasteiger partial charge is 0.253 e. The minimum absolute atomic E-state index is 0.0193. The fourth-order valence-corrected chi connectivity index (χ4v) is 5.11. The Kier molecular flexibility index (Phi) is 8.24. The van der Waals surface area contributed by atoms with Gasteiger partial charge in [0.25, 0.3) is 5.91 Å². The van der Waals surface area contributed by atoms with Crippen molar-refractivity contribution in [3.05, 3.63) is 104 Å². The maximum Gasteiger partial charge on any atom is 0.253 e. The molecule has 0 aliphatic heterocycles. The second kappa shape index (κ2) is 11.4. The lowest BCUT2D eigenvalue weighted by atomic mass is 10.1. The van der Waals surface area contributed by atoms with Crippen molar-refractivity contribution in [1.29, 1.82) is 0 Å². The lowest BCUT2D eigenvalue weighted by Gasteiger charge is -2.27. The molecule has 1 atom stereocenters. The second-order valence-electron chi connectivity index (χ2n) is 7.29. The predicted molar refractivity (Wildman–Crippen MR) is 137 cm³/mol. The molecule has 0 saturated heterocycles. The Morgan fingerprint density at radius 3 is 2.63 bits per heavy atom. The van der Waals surface area contributed by atoms with Gasteiger partial charge in [-0.05, 0) is 41.5 Å². The highest BCUT2D eigenvalue weighted by Gasteiger charge is 2.24. The average Bonchev–Trinajstić information content (AvgIpc) is 3.26. The first-order chi connectivity index (χ1) is 16.8. The van der Waals surface area contributed by atoms with Crippen molar-refractivity contribution in [1.82, 2.24) is 14.1 Å². The van der Waals surface area contributed by atoms with Gasteiger partial charge in [-0.15, -0.1) is 0 Å². The summed E-state index contributed by atoms with van der Waals surface area (Å²) < 4.78 is 48.2. The summed E-state index contributed by atoms with van der Waals surface area (Å²) in [6.45, 7) is 0.0193. The molecule has 35 heavy (non-hydrogen) atoms. The largest absolute Gasteiger partial charge is 0.755 e. The number of nitrogens with one attached hydrogen (secondary N) is 1. The molecule has 1 unspecified atom stereocenters. The van der Waals surface area contributed by atoms with Gasteiger partial charge >= 0.3 is 0 Å². The van der Waals surface area contributed by atoms with Gasteiger partial charge in [-0.25, -0.2) is 4.39 Å². The van der Waals surface area contributed by atoms with Crippen molar-refractivity contribution >= 4 is 67.9 Å². The third kappa shape index (κ3) is 6.11. The lowest BCUT2D eigenvalue weighted by molar-refractivity contribution is 0.0951. The maximum absolute atomic E-state index is 13.3. The Labute approximate surface area is 220 Å². The van der Waals surface area contributed by atoms with Crippen molar-refractivity contribution in [2.75, 3.05) is 4.31 Å². The van der Waals surface area contributed by atoms with E-state index in [9.17, 15) is 17.9 Å². The van der Waals surface area contributed by atoms with Gasteiger partial charge in [-0.3, -0.25) is 13.3 Å². The van der Waals surface area contributed by atoms with Crippen LogP contribution in [0.5, 0.6) is 0 Å². The van der Waals surface area contributed by atoms with Gasteiger partial charge in [-0.1, -0.05) is 63.9 Å². The summed E-state index contributed by atoms with van der Waals surface area (Å²) in [7, 11) is 0. The van der Waals surface area contributed by atoms with E-state index in [1.54, 1.807) is 6.07 Å². The monoisotopic (exact) mass is 593 g/mol. The van der Waals surface area contributed by atoms with Crippen LogP contribution in [0.3, 0.4) is 0 Å². The number of carbonyl (C=O) groups excluding carboxylic acids is 1. The summed E-state index contributed by atoms with van der Waals surface area (Å²) >= 11 is 7.47. The summed E-state index contributed by atoms with van der Waals surface area (Å²) in [5.41, 5.74) is 2.08. The zero-order valence-electron chi connectivity index (χ0n) is 17.8. The van der Waals surface area contributed by atoms with Crippen LogP contribution < -0.4 is 9.62 Å². The summed E-state index contributed by atoms with van der Waals surface area (Å²) in [6.07, 6.45) is 0.360. The molecule has 180 valence electrons. The molecule has 0 fully saturated rings. The highest BCUT2D eigenvalue weighted by molar-refractivity contribution is 9.10. The summed E-state index contributed by atoms with van der Waals surface area (Å²) in [4.78, 5) is 13.1. The van der Waals surface area contributed by atoms with Crippen molar-refractivity contribution in [3.63, 3.8) is 0 Å². The van der Waals surface area contributed by atoms with Crippen LogP contribution in [-0.2, 0) is 24.2 Å². The van der Waals surface area contributed by atoms with E-state index in [1.807, 2.05) is 30.3 Å². The zero-order chi connectivity index (χ0) is 24.9. The third-order valence-corrected chi connectivity index (χ3v) is 7.04. The molecule has 4 rings (SSSR count). The van der Waals surface area contributed by atoms with Gasteiger partial charge in [0, 0.05) is 22.5 Å². The van der Waals surface area contributed by atoms with E-state index in [0.717, 1.165) is 27.7 Å². The topological polar surface area (TPSA) is 98.2 Å². The maximum atomic E-state index is 13.3. The van der Waals surface area contributed by atoms with Crippen LogP contribution in [0.15, 0.2) is 71.2 Å². The molecule has 1 N–H and O–H groups in total. The number of benzene rings is 3. The Hall–Kier alpha value is -2.70. The normalized spacial score (nSPS) is 11.8. The van der Waals surface area contributed by atoms with E-state index in [1.165, 1.54) is 24.3 Å². The molecule has 4 aromatic rings. The zero-order valence-corrected chi connectivity index (χ0v) is 21.8. The molecule has 0 aliphatic carbocycles. The van der Waals surface area contributed by atoms with Crippen LogP contribution in [0.4, 0.5) is 15.9 Å². The first-order valence-corrected chi connectivity index (χ1v) is 13.0. The lowest BCUT2D eigenvalue weighted by Crippen LogP contribution is -2.28. The van der Waals surface area contributed by atoms with Gasteiger partial charge in [0.2, 0.25) is 0 Å². The standard InChI is InChI=1S/C23H17BrClFN4O3S2/c24-16-7-9-18(23(31)27-13-15-6-8-17(26)12-19(15)25)21(11-16)30(35(32)33)22-20(28-34-29-22)10-14-4-2-1-3-5-14/h1-9,11-12H,10,13H2,(H,27,31)(H,32,33)/p-1. The van der Waals surface area contributed by atoms with E-state index >= 15 is 0 Å². The molecule has 0 bridgehead atoms. The van der Waals surface area contributed by atoms with Gasteiger partial charge in [0.15, 0.2) is 5.82 Å². The molecule has 0 spiro atoms. The number of nitrogens with zero attached hydrogens (tertiary/aromatic N) is 3. The highest BCUT2D eigenvalue weighted by atomic mass is 79.9. The van der Waals surface area contributed by atoms with Gasteiger partial charge in [0.1, 0.15) is 11.5 Å². The minimum atomic E-state index is -2.81.